The number of benzene rings is 2. The van der Waals surface area contributed by atoms with Crippen molar-refractivity contribution in [3.05, 3.63) is 51.6 Å². The topological polar surface area (TPSA) is 221 Å². The summed E-state index contributed by atoms with van der Waals surface area (Å²) in [5.74, 6) is -5.89. The van der Waals surface area contributed by atoms with Crippen LogP contribution in [0.15, 0.2) is 18.2 Å². The molecule has 3 aliphatic rings. The molecule has 48 heavy (non-hydrogen) atoms. The number of phenolic OH excluding ortho intramolecular Hbond substituents is 2. The number of esters is 2. The van der Waals surface area contributed by atoms with Gasteiger partial charge in [0.2, 0.25) is 17.5 Å². The third kappa shape index (κ3) is 6.11. The van der Waals surface area contributed by atoms with E-state index in [1.165, 1.54) is 39.2 Å². The highest BCUT2D eigenvalue weighted by molar-refractivity contribution is 6.31. The largest absolute Gasteiger partial charge is 0.507 e. The number of phenols is 2. The van der Waals surface area contributed by atoms with E-state index in [9.17, 15) is 44.1 Å². The van der Waals surface area contributed by atoms with Gasteiger partial charge >= 0.3 is 11.9 Å². The van der Waals surface area contributed by atoms with Crippen molar-refractivity contribution in [1.82, 2.24) is 5.32 Å². The molecule has 1 saturated heterocycles. The van der Waals surface area contributed by atoms with Gasteiger partial charge < -0.3 is 44.3 Å². The molecule has 0 radical (unpaired) electrons. The Bertz CT molecular complexity index is 1730. The van der Waals surface area contributed by atoms with E-state index in [0.29, 0.717) is 0 Å². The van der Waals surface area contributed by atoms with Crippen LogP contribution in [0.1, 0.15) is 89.6 Å². The summed E-state index contributed by atoms with van der Waals surface area (Å²) in [7, 11) is 1.30. The average Bonchev–Trinajstić information content (AvgIpc) is 3.01. The summed E-state index contributed by atoms with van der Waals surface area (Å²) < 4.78 is 27.7. The summed E-state index contributed by atoms with van der Waals surface area (Å²) in [6.45, 7) is 4.27. The molecular formula is C33H35NO14. The molecule has 0 aromatic heterocycles. The number of aromatic hydroxyl groups is 2. The normalized spacial score (nSPS) is 26.0. The maximum absolute atomic E-state index is 13.9. The number of aliphatic hydroxyl groups is 1. The number of ether oxygens (including phenoxy) is 5. The zero-order valence-electron chi connectivity index (χ0n) is 26.8. The van der Waals surface area contributed by atoms with E-state index >= 15 is 0 Å². The lowest BCUT2D eigenvalue weighted by Gasteiger charge is -2.43. The Morgan fingerprint density at radius 1 is 1.00 bits per heavy atom. The van der Waals surface area contributed by atoms with Gasteiger partial charge in [0.05, 0.1) is 42.0 Å². The quantitative estimate of drug-likeness (QED) is 0.196. The molecule has 0 saturated carbocycles. The molecule has 5 rings (SSSR count). The first-order valence-electron chi connectivity index (χ1n) is 15.1. The summed E-state index contributed by atoms with van der Waals surface area (Å²) in [6, 6.07) is 3.49. The van der Waals surface area contributed by atoms with Crippen LogP contribution in [0.5, 0.6) is 17.2 Å². The standard InChI is InChI=1S/C33H35NO14/c1-13-32(47-16(4)37)19(34-14(2)35)9-23(46-13)48-21-11-33(43,22(38)12-45-15(3)36)10-18-25(21)31(42)27-26(29(18)40)28(39)17-7-6-8-20(44-5)24(17)30(27)41/h6-8,13,19,21,23,32,40,42-43H,9-12H2,1-5H3,(H,34,35)/t13-,19-,21-,23-,32-,33-/m0/s1. The number of Topliss-reactive ketones (excluding diaryl/α,β-unsaturated/α-hetero) is 1. The van der Waals surface area contributed by atoms with Crippen LogP contribution < -0.4 is 10.1 Å². The van der Waals surface area contributed by atoms with E-state index in [1.54, 1.807) is 6.92 Å². The van der Waals surface area contributed by atoms with Gasteiger partial charge in [-0.1, -0.05) is 12.1 Å². The predicted octanol–water partition coefficient (Wildman–Crippen LogP) is 1.32. The maximum atomic E-state index is 13.9. The molecule has 1 aliphatic heterocycles. The molecular weight excluding hydrogens is 634 g/mol. The van der Waals surface area contributed by atoms with Gasteiger partial charge in [0.15, 0.2) is 18.7 Å². The van der Waals surface area contributed by atoms with Crippen molar-refractivity contribution < 1.29 is 67.8 Å². The Balaban J connectivity index is 1.62. The third-order valence-electron chi connectivity index (χ3n) is 8.68. The lowest BCUT2D eigenvalue weighted by Crippen LogP contribution is -2.57. The first-order valence-corrected chi connectivity index (χ1v) is 15.1. The maximum Gasteiger partial charge on any atom is 0.303 e. The molecule has 15 nitrogen and oxygen atoms in total. The van der Waals surface area contributed by atoms with Crippen LogP contribution in [0.4, 0.5) is 0 Å². The molecule has 0 spiro atoms. The van der Waals surface area contributed by atoms with Crippen LogP contribution in [-0.4, -0.2) is 94.4 Å². The van der Waals surface area contributed by atoms with E-state index in [-0.39, 0.29) is 34.4 Å². The minimum atomic E-state index is -2.36. The second kappa shape index (κ2) is 13.0. The van der Waals surface area contributed by atoms with Crippen molar-refractivity contribution in [3.8, 4) is 17.2 Å². The summed E-state index contributed by atoms with van der Waals surface area (Å²) in [5.41, 5.74) is -4.09. The van der Waals surface area contributed by atoms with E-state index in [4.69, 9.17) is 23.7 Å². The summed E-state index contributed by atoms with van der Waals surface area (Å²) in [4.78, 5) is 76.2. The predicted molar refractivity (Wildman–Crippen MR) is 160 cm³/mol. The first-order chi connectivity index (χ1) is 22.6. The molecule has 2 aliphatic carbocycles. The summed E-state index contributed by atoms with van der Waals surface area (Å²) >= 11 is 0. The number of carbonyl (C=O) groups excluding carboxylic acids is 6. The second-order valence-electron chi connectivity index (χ2n) is 12.0. The zero-order chi connectivity index (χ0) is 35.2. The van der Waals surface area contributed by atoms with Gasteiger partial charge in [-0.25, -0.2) is 0 Å². The Morgan fingerprint density at radius 2 is 1.69 bits per heavy atom. The highest BCUT2D eigenvalue weighted by atomic mass is 16.7. The van der Waals surface area contributed by atoms with Crippen molar-refractivity contribution in [3.63, 3.8) is 0 Å². The van der Waals surface area contributed by atoms with Gasteiger partial charge in [0.25, 0.3) is 0 Å². The number of fused-ring (bicyclic) bond motifs is 3. The number of nitrogens with one attached hydrogen (secondary N) is 1. The molecule has 0 bridgehead atoms. The highest BCUT2D eigenvalue weighted by Gasteiger charge is 2.51. The molecule has 15 heteroatoms. The van der Waals surface area contributed by atoms with Gasteiger partial charge in [0.1, 0.15) is 29.0 Å². The zero-order valence-corrected chi connectivity index (χ0v) is 26.8. The van der Waals surface area contributed by atoms with Gasteiger partial charge in [-0.2, -0.15) is 0 Å². The highest BCUT2D eigenvalue weighted by Crippen LogP contribution is 2.52. The minimum Gasteiger partial charge on any atom is -0.507 e. The van der Waals surface area contributed by atoms with Crippen LogP contribution >= 0.6 is 0 Å². The molecule has 0 unspecified atom stereocenters. The van der Waals surface area contributed by atoms with E-state index in [1.807, 2.05) is 0 Å². The number of methoxy groups -OCH3 is 1. The third-order valence-corrected chi connectivity index (χ3v) is 8.68. The Hall–Kier alpha value is -4.86. The van der Waals surface area contributed by atoms with E-state index in [2.05, 4.69) is 5.32 Å². The molecule has 256 valence electrons. The number of ketones is 3. The lowest BCUT2D eigenvalue weighted by molar-refractivity contribution is -0.253. The molecule has 1 amide bonds. The van der Waals surface area contributed by atoms with Crippen molar-refractivity contribution in [1.29, 1.82) is 0 Å². The fraction of sp³-hybridized carbons (Fsp3) is 0.455. The monoisotopic (exact) mass is 669 g/mol. The SMILES string of the molecule is COc1cccc2c1C(=O)c1c(O)c3c(c(O)c1C2=O)C[C@@](O)(C(=O)COC(C)=O)C[C@@H]3O[C@H]1C[C@H](NC(C)=O)[C@@H](OC(C)=O)[C@H](C)O1. The van der Waals surface area contributed by atoms with Gasteiger partial charge in [-0.3, -0.25) is 28.8 Å². The molecule has 1 heterocycles. The van der Waals surface area contributed by atoms with Crippen molar-refractivity contribution in [2.45, 2.75) is 83.2 Å². The van der Waals surface area contributed by atoms with Gasteiger partial charge in [-0.05, 0) is 13.0 Å². The molecule has 2 aromatic carbocycles. The number of amides is 1. The Kier molecular flexibility index (Phi) is 9.32. The van der Waals surface area contributed by atoms with Crippen LogP contribution in [-0.2, 0) is 44.5 Å². The van der Waals surface area contributed by atoms with Crippen LogP contribution in [0.25, 0.3) is 0 Å². The smallest absolute Gasteiger partial charge is 0.303 e. The van der Waals surface area contributed by atoms with Crippen molar-refractivity contribution >= 4 is 35.2 Å². The van der Waals surface area contributed by atoms with Crippen molar-refractivity contribution in [2.75, 3.05) is 13.7 Å². The number of rotatable bonds is 8. The second-order valence-corrected chi connectivity index (χ2v) is 12.0. The first kappa shape index (κ1) is 34.5. The minimum absolute atomic E-state index is 0.0577. The summed E-state index contributed by atoms with van der Waals surface area (Å²) in [5, 5.41) is 37.7. The fourth-order valence-electron chi connectivity index (χ4n) is 6.63. The lowest BCUT2D eigenvalue weighted by atomic mass is 9.72. The van der Waals surface area contributed by atoms with Crippen LogP contribution in [0, 0.1) is 0 Å². The van der Waals surface area contributed by atoms with E-state index in [0.717, 1.165) is 6.92 Å². The Morgan fingerprint density at radius 3 is 2.31 bits per heavy atom. The van der Waals surface area contributed by atoms with Crippen molar-refractivity contribution in [2.24, 2.45) is 0 Å². The number of hydrogen-bond acceptors (Lipinski definition) is 14. The summed E-state index contributed by atoms with van der Waals surface area (Å²) in [6.07, 6.45) is -5.76. The molecule has 2 aromatic rings. The number of hydrogen-bond donors (Lipinski definition) is 4. The average molecular weight is 670 g/mol. The van der Waals surface area contributed by atoms with Crippen LogP contribution in [0.3, 0.4) is 0 Å². The fourth-order valence-corrected chi connectivity index (χ4v) is 6.63. The Labute approximate surface area is 274 Å². The van der Waals surface area contributed by atoms with Gasteiger partial charge in [-0.15, -0.1) is 0 Å². The van der Waals surface area contributed by atoms with Gasteiger partial charge in [0, 0.05) is 56.7 Å². The number of carbonyl (C=O) groups is 6. The molecule has 4 N–H and O–H groups in total. The molecule has 6 atom stereocenters. The molecule has 1 fully saturated rings. The van der Waals surface area contributed by atoms with E-state index < -0.39 is 114 Å². The van der Waals surface area contributed by atoms with Crippen LogP contribution in [0.2, 0.25) is 0 Å².